The van der Waals surface area contributed by atoms with Crippen LogP contribution in [0.2, 0.25) is 0 Å². The van der Waals surface area contributed by atoms with Crippen molar-refractivity contribution >= 4 is 21.3 Å². The van der Waals surface area contributed by atoms with E-state index in [1.54, 1.807) is 27.7 Å². The van der Waals surface area contributed by atoms with Gasteiger partial charge in [-0.3, -0.25) is 4.79 Å². The van der Waals surface area contributed by atoms with Gasteiger partial charge in [-0.25, -0.2) is 8.42 Å². The van der Waals surface area contributed by atoms with Gasteiger partial charge in [-0.2, -0.15) is 10.3 Å². The lowest BCUT2D eigenvalue weighted by molar-refractivity contribution is -0.124. The molecule has 0 rings (SSSR count). The molecular formula is C21H42N2O3S. The highest BCUT2D eigenvalue weighted by atomic mass is 32.2. The van der Waals surface area contributed by atoms with Crippen LogP contribution in [0.15, 0.2) is 4.99 Å². The Morgan fingerprint density at radius 2 is 1.00 bits per heavy atom. The Bertz CT molecular complexity index is 545. The first-order chi connectivity index (χ1) is 12.0. The zero-order chi connectivity index (χ0) is 22.5. The second kappa shape index (κ2) is 14.8. The molecular weight excluding hydrogens is 360 g/mol. The molecule has 0 aromatic rings. The molecule has 0 aromatic carbocycles. The van der Waals surface area contributed by atoms with Crippen molar-refractivity contribution in [3.05, 3.63) is 0 Å². The Hall–Kier alpha value is -1.22. The van der Waals surface area contributed by atoms with Gasteiger partial charge < -0.3 is 0 Å². The third-order valence-electron chi connectivity index (χ3n) is 3.81. The number of nitriles is 1. The molecule has 0 atom stereocenters. The van der Waals surface area contributed by atoms with E-state index in [0.29, 0.717) is 17.6 Å². The molecule has 0 aliphatic heterocycles. The maximum absolute atomic E-state index is 11.0. The van der Waals surface area contributed by atoms with Gasteiger partial charge in [0.05, 0.1) is 10.5 Å². The Morgan fingerprint density at radius 3 is 1.04 bits per heavy atom. The van der Waals surface area contributed by atoms with Gasteiger partial charge in [-0.1, -0.05) is 55.4 Å². The molecule has 0 heterocycles. The largest absolute Gasteiger partial charge is 0.299 e. The standard InChI is InChI=1S/C8H14N2.C7H14O.C6H14O2S/c1-6(2)8(7(3)4)10-5-9;1-5(2)7(8)6(3)4;1-5(2)9(7,8)6(3)4/h6-7H,1-4H3;5-6H,1-4H3;5-6H,1-4H3. The van der Waals surface area contributed by atoms with Crippen LogP contribution >= 0.6 is 0 Å². The second-order valence-electron chi connectivity index (χ2n) is 8.34. The fourth-order valence-electron chi connectivity index (χ4n) is 2.19. The third kappa shape index (κ3) is 14.5. The Morgan fingerprint density at radius 1 is 0.704 bits per heavy atom. The first-order valence-electron chi connectivity index (χ1n) is 9.76. The number of ketones is 1. The number of sulfone groups is 1. The fourth-order valence-corrected chi connectivity index (χ4v) is 3.28. The van der Waals surface area contributed by atoms with Crippen LogP contribution in [0.3, 0.4) is 0 Å². The second-order valence-corrected chi connectivity index (χ2v) is 11.4. The van der Waals surface area contributed by atoms with E-state index in [1.165, 1.54) is 0 Å². The minimum atomic E-state index is -2.81. The van der Waals surface area contributed by atoms with Gasteiger partial charge in [0.15, 0.2) is 9.84 Å². The predicted molar refractivity (Wildman–Crippen MR) is 117 cm³/mol. The fraction of sp³-hybridized carbons (Fsp3) is 0.857. The summed E-state index contributed by atoms with van der Waals surface area (Å²) in [5, 5.41) is 7.82. The molecule has 5 nitrogen and oxygen atoms in total. The Labute approximate surface area is 168 Å². The molecule has 0 aromatic heterocycles. The SMILES string of the molecule is CC(C)C(=NC#N)C(C)C.CC(C)C(=O)C(C)C.CC(C)S(=O)(=O)C(C)C. The van der Waals surface area contributed by atoms with E-state index in [2.05, 4.69) is 32.7 Å². The average Bonchev–Trinajstić information content (AvgIpc) is 2.51. The van der Waals surface area contributed by atoms with Crippen molar-refractivity contribution in [3.8, 4) is 6.19 Å². The summed E-state index contributed by atoms with van der Waals surface area (Å²) in [5.41, 5.74) is 0.988. The van der Waals surface area contributed by atoms with E-state index in [0.717, 1.165) is 5.71 Å². The number of rotatable bonds is 6. The van der Waals surface area contributed by atoms with Gasteiger partial charge in [-0.05, 0) is 39.5 Å². The summed E-state index contributed by atoms with van der Waals surface area (Å²) < 4.78 is 22.1. The molecule has 6 heteroatoms. The highest BCUT2D eigenvalue weighted by Gasteiger charge is 2.19. The lowest BCUT2D eigenvalue weighted by Gasteiger charge is -2.10. The van der Waals surface area contributed by atoms with Gasteiger partial charge in [0.1, 0.15) is 5.78 Å². The van der Waals surface area contributed by atoms with Crippen molar-refractivity contribution < 1.29 is 13.2 Å². The minimum Gasteiger partial charge on any atom is -0.299 e. The molecule has 0 radical (unpaired) electrons. The van der Waals surface area contributed by atoms with E-state index in [-0.39, 0.29) is 22.3 Å². The van der Waals surface area contributed by atoms with Crippen LogP contribution in [0.4, 0.5) is 0 Å². The average molecular weight is 403 g/mol. The van der Waals surface area contributed by atoms with E-state index in [9.17, 15) is 13.2 Å². The lowest BCUT2D eigenvalue weighted by Crippen LogP contribution is -2.23. The summed E-state index contributed by atoms with van der Waals surface area (Å²) in [6.07, 6.45) is 1.82. The topological polar surface area (TPSA) is 87.4 Å². The minimum absolute atomic E-state index is 0.204. The normalized spacial score (nSPS) is 11.1. The summed E-state index contributed by atoms with van der Waals surface area (Å²) in [6, 6.07) is 0. The van der Waals surface area contributed by atoms with Crippen LogP contribution in [0.25, 0.3) is 0 Å². The summed E-state index contributed by atoms with van der Waals surface area (Å²) in [4.78, 5) is 14.6. The Kier molecular flexibility index (Phi) is 16.7. The van der Waals surface area contributed by atoms with Gasteiger partial charge in [-0.15, -0.1) is 0 Å². The number of carbonyl (C=O) groups is 1. The number of hydrogen-bond acceptors (Lipinski definition) is 5. The zero-order valence-electron chi connectivity index (χ0n) is 19.5. The van der Waals surface area contributed by atoms with Crippen LogP contribution in [0.1, 0.15) is 83.1 Å². The number of nitrogens with zero attached hydrogens (tertiary/aromatic N) is 2. The highest BCUT2D eigenvalue weighted by molar-refractivity contribution is 7.92. The van der Waals surface area contributed by atoms with Crippen molar-refractivity contribution in [1.29, 1.82) is 5.26 Å². The van der Waals surface area contributed by atoms with Crippen LogP contribution in [0.5, 0.6) is 0 Å². The van der Waals surface area contributed by atoms with E-state index < -0.39 is 9.84 Å². The maximum atomic E-state index is 11.0. The molecule has 0 bridgehead atoms. The first kappa shape index (κ1) is 30.5. The van der Waals surface area contributed by atoms with Crippen LogP contribution in [0, 0.1) is 35.1 Å². The molecule has 0 spiro atoms. The van der Waals surface area contributed by atoms with Crippen molar-refractivity contribution in [2.24, 2.45) is 28.7 Å². The first-order valence-corrected chi connectivity index (χ1v) is 11.4. The van der Waals surface area contributed by atoms with Crippen LogP contribution in [-0.2, 0) is 14.6 Å². The van der Waals surface area contributed by atoms with Crippen molar-refractivity contribution in [2.75, 3.05) is 0 Å². The van der Waals surface area contributed by atoms with Crippen LogP contribution in [-0.4, -0.2) is 30.4 Å². The molecule has 0 saturated carbocycles. The third-order valence-corrected chi connectivity index (χ3v) is 6.44. The van der Waals surface area contributed by atoms with Crippen molar-refractivity contribution in [2.45, 2.75) is 93.6 Å². The maximum Gasteiger partial charge on any atom is 0.205 e. The molecule has 0 fully saturated rings. The van der Waals surface area contributed by atoms with Crippen molar-refractivity contribution in [3.63, 3.8) is 0 Å². The molecule has 160 valence electrons. The molecule has 0 aliphatic rings. The molecule has 0 aliphatic carbocycles. The van der Waals surface area contributed by atoms with Crippen LogP contribution < -0.4 is 0 Å². The van der Waals surface area contributed by atoms with Gasteiger partial charge in [0.2, 0.25) is 6.19 Å². The van der Waals surface area contributed by atoms with E-state index in [1.807, 2.05) is 33.9 Å². The van der Waals surface area contributed by atoms with Crippen molar-refractivity contribution in [1.82, 2.24) is 0 Å². The van der Waals surface area contributed by atoms with Gasteiger partial charge in [0, 0.05) is 17.5 Å². The molecule has 27 heavy (non-hydrogen) atoms. The molecule has 0 N–H and O–H groups in total. The van der Waals surface area contributed by atoms with Gasteiger partial charge in [0.25, 0.3) is 0 Å². The Balaban J connectivity index is -0.000000322. The highest BCUT2D eigenvalue weighted by Crippen LogP contribution is 2.07. The summed E-state index contributed by atoms with van der Waals surface area (Å²) in [6.45, 7) is 22.8. The number of hydrogen-bond donors (Lipinski definition) is 0. The lowest BCUT2D eigenvalue weighted by atomic mass is 9.98. The number of carbonyl (C=O) groups excluding carboxylic acids is 1. The summed E-state index contributed by atoms with van der Waals surface area (Å²) in [7, 11) is -2.81. The molecule has 0 unspecified atom stereocenters. The van der Waals surface area contributed by atoms with E-state index in [4.69, 9.17) is 5.26 Å². The molecule has 0 amide bonds. The van der Waals surface area contributed by atoms with E-state index >= 15 is 0 Å². The number of aliphatic imine (C=N–C) groups is 1. The smallest absolute Gasteiger partial charge is 0.205 e. The number of Topliss-reactive ketones (excluding diaryl/α,β-unsaturated/α-hetero) is 1. The zero-order valence-corrected chi connectivity index (χ0v) is 20.3. The predicted octanol–water partition coefficient (Wildman–Crippen LogP) is 5.31. The molecule has 0 saturated heterocycles. The monoisotopic (exact) mass is 402 g/mol. The summed E-state index contributed by atoms with van der Waals surface area (Å²) in [5.74, 6) is 1.54. The summed E-state index contributed by atoms with van der Waals surface area (Å²) >= 11 is 0. The quantitative estimate of drug-likeness (QED) is 0.445. The van der Waals surface area contributed by atoms with Gasteiger partial charge >= 0.3 is 0 Å².